The van der Waals surface area contributed by atoms with Gasteiger partial charge in [0.25, 0.3) is 5.91 Å². The van der Waals surface area contributed by atoms with Gasteiger partial charge >= 0.3 is 0 Å². The quantitative estimate of drug-likeness (QED) is 0.841. The van der Waals surface area contributed by atoms with Crippen LogP contribution in [0.4, 0.5) is 5.82 Å². The summed E-state index contributed by atoms with van der Waals surface area (Å²) in [6, 6.07) is 4.96. The number of carbonyl (C=O) groups excluding carboxylic acids is 1. The number of anilines is 1. The molecule has 0 aromatic carbocycles. The smallest absolute Gasteiger partial charge is 0.270 e. The molecule has 1 fully saturated rings. The molecule has 0 radical (unpaired) electrons. The number of hydrogen-bond donors (Lipinski definition) is 1. The summed E-state index contributed by atoms with van der Waals surface area (Å²) in [5.74, 6) is 1.59. The lowest BCUT2D eigenvalue weighted by Crippen LogP contribution is -2.34. The minimum absolute atomic E-state index is 0.104. The van der Waals surface area contributed by atoms with E-state index in [2.05, 4.69) is 15.3 Å². The number of amides is 1. The van der Waals surface area contributed by atoms with Crippen molar-refractivity contribution in [3.63, 3.8) is 0 Å². The fourth-order valence-electron chi connectivity index (χ4n) is 2.79. The van der Waals surface area contributed by atoms with E-state index in [9.17, 15) is 13.2 Å². The number of carbonyl (C=O) groups is 1. The van der Waals surface area contributed by atoms with E-state index in [4.69, 9.17) is 4.42 Å². The van der Waals surface area contributed by atoms with Gasteiger partial charge in [0.05, 0.1) is 24.3 Å². The zero-order valence-electron chi connectivity index (χ0n) is 14.1. The first-order chi connectivity index (χ1) is 11.8. The maximum atomic E-state index is 12.3. The van der Waals surface area contributed by atoms with Crippen LogP contribution in [0.1, 0.15) is 28.5 Å². The van der Waals surface area contributed by atoms with E-state index >= 15 is 0 Å². The number of aryl methyl sites for hydroxylation is 1. The van der Waals surface area contributed by atoms with Gasteiger partial charge in [-0.3, -0.25) is 4.79 Å². The van der Waals surface area contributed by atoms with E-state index in [1.54, 1.807) is 38.4 Å². The normalized spacial score (nSPS) is 18.9. The third kappa shape index (κ3) is 4.16. The molecule has 0 spiro atoms. The molecule has 134 valence electrons. The highest BCUT2D eigenvalue weighted by Crippen LogP contribution is 2.22. The van der Waals surface area contributed by atoms with Crippen LogP contribution in [-0.4, -0.2) is 48.9 Å². The van der Waals surface area contributed by atoms with E-state index in [0.29, 0.717) is 23.8 Å². The van der Waals surface area contributed by atoms with Crippen molar-refractivity contribution in [2.24, 2.45) is 0 Å². The SMILES string of the molecule is Cc1nc(C(=O)NCc2ccco2)cc(N(C)C2CCS(=O)(=O)C2)n1. The minimum Gasteiger partial charge on any atom is -0.467 e. The maximum absolute atomic E-state index is 12.3. The monoisotopic (exact) mass is 364 g/mol. The van der Waals surface area contributed by atoms with Crippen molar-refractivity contribution in [3.8, 4) is 0 Å². The Balaban J connectivity index is 1.74. The molecule has 1 atom stereocenters. The topological polar surface area (TPSA) is 105 Å². The number of rotatable bonds is 5. The Kier molecular flexibility index (Phi) is 4.76. The van der Waals surface area contributed by atoms with E-state index in [0.717, 1.165) is 0 Å². The summed E-state index contributed by atoms with van der Waals surface area (Å²) in [6.07, 6.45) is 2.10. The molecule has 1 aliphatic heterocycles. The molecule has 8 nitrogen and oxygen atoms in total. The number of nitrogens with one attached hydrogen (secondary N) is 1. The van der Waals surface area contributed by atoms with Crippen LogP contribution >= 0.6 is 0 Å². The second-order valence-corrected chi connectivity index (χ2v) is 8.32. The minimum atomic E-state index is -2.99. The molecule has 1 amide bonds. The van der Waals surface area contributed by atoms with Crippen LogP contribution in [0, 0.1) is 6.92 Å². The van der Waals surface area contributed by atoms with Gasteiger partial charge in [-0.2, -0.15) is 0 Å². The van der Waals surface area contributed by atoms with E-state index in [1.165, 1.54) is 0 Å². The number of furan rings is 1. The lowest BCUT2D eigenvalue weighted by atomic mass is 10.2. The van der Waals surface area contributed by atoms with Crippen LogP contribution in [0.5, 0.6) is 0 Å². The molecule has 25 heavy (non-hydrogen) atoms. The molecule has 0 bridgehead atoms. The third-order valence-corrected chi connectivity index (χ3v) is 5.93. The standard InChI is InChI=1S/C16H20N4O4S/c1-11-18-14(16(21)17-9-13-4-3-6-24-13)8-15(19-11)20(2)12-5-7-25(22,23)10-12/h3-4,6,8,12H,5,7,9-10H2,1-2H3,(H,17,21). The predicted molar refractivity (Wildman–Crippen MR) is 92.1 cm³/mol. The van der Waals surface area contributed by atoms with Crippen LogP contribution in [-0.2, 0) is 16.4 Å². The Labute approximate surface area is 146 Å². The first kappa shape index (κ1) is 17.4. The Morgan fingerprint density at radius 3 is 2.88 bits per heavy atom. The van der Waals surface area contributed by atoms with Crippen LogP contribution in [0.2, 0.25) is 0 Å². The summed E-state index contributed by atoms with van der Waals surface area (Å²) in [5, 5.41) is 2.74. The first-order valence-corrected chi connectivity index (χ1v) is 9.76. The highest BCUT2D eigenvalue weighted by molar-refractivity contribution is 7.91. The van der Waals surface area contributed by atoms with E-state index in [1.807, 2.05) is 4.90 Å². The number of sulfone groups is 1. The Morgan fingerprint density at radius 1 is 1.44 bits per heavy atom. The van der Waals surface area contributed by atoms with Crippen molar-refractivity contribution in [1.29, 1.82) is 0 Å². The first-order valence-electron chi connectivity index (χ1n) is 7.93. The van der Waals surface area contributed by atoms with Crippen molar-refractivity contribution in [2.45, 2.75) is 25.9 Å². The zero-order chi connectivity index (χ0) is 18.0. The van der Waals surface area contributed by atoms with Gasteiger partial charge < -0.3 is 14.6 Å². The number of aromatic nitrogens is 2. The van der Waals surface area contributed by atoms with Gasteiger partial charge in [0.15, 0.2) is 9.84 Å². The highest BCUT2D eigenvalue weighted by atomic mass is 32.2. The van der Waals surface area contributed by atoms with Crippen molar-refractivity contribution in [1.82, 2.24) is 15.3 Å². The van der Waals surface area contributed by atoms with Crippen LogP contribution in [0.15, 0.2) is 28.9 Å². The molecule has 0 aliphatic carbocycles. The molecule has 1 aliphatic rings. The largest absolute Gasteiger partial charge is 0.467 e. The molecule has 3 heterocycles. The van der Waals surface area contributed by atoms with Gasteiger partial charge in [0, 0.05) is 19.2 Å². The zero-order valence-corrected chi connectivity index (χ0v) is 14.9. The van der Waals surface area contributed by atoms with Gasteiger partial charge in [-0.05, 0) is 25.5 Å². The summed E-state index contributed by atoms with van der Waals surface area (Å²) >= 11 is 0. The van der Waals surface area contributed by atoms with E-state index < -0.39 is 9.84 Å². The van der Waals surface area contributed by atoms with Crippen molar-refractivity contribution in [2.75, 3.05) is 23.5 Å². The molecular weight excluding hydrogens is 344 g/mol. The lowest BCUT2D eigenvalue weighted by molar-refractivity contribution is 0.0942. The Morgan fingerprint density at radius 2 is 2.24 bits per heavy atom. The van der Waals surface area contributed by atoms with Gasteiger partial charge in [0.1, 0.15) is 23.1 Å². The maximum Gasteiger partial charge on any atom is 0.270 e. The summed E-state index contributed by atoms with van der Waals surface area (Å²) in [5.41, 5.74) is 0.238. The molecule has 2 aromatic rings. The summed E-state index contributed by atoms with van der Waals surface area (Å²) in [7, 11) is -1.20. The molecule has 1 unspecified atom stereocenters. The Bertz CT molecular complexity index is 864. The molecule has 3 rings (SSSR count). The number of nitrogens with zero attached hydrogens (tertiary/aromatic N) is 3. The average Bonchev–Trinajstić information content (AvgIpc) is 3.20. The summed E-state index contributed by atoms with van der Waals surface area (Å²) < 4.78 is 28.5. The average molecular weight is 364 g/mol. The van der Waals surface area contributed by atoms with Gasteiger partial charge in [0.2, 0.25) is 0 Å². The molecular formula is C16H20N4O4S. The fourth-order valence-corrected chi connectivity index (χ4v) is 4.56. The molecule has 1 saturated heterocycles. The van der Waals surface area contributed by atoms with Crippen LogP contribution in [0.3, 0.4) is 0 Å². The fraction of sp³-hybridized carbons (Fsp3) is 0.438. The second-order valence-electron chi connectivity index (χ2n) is 6.09. The third-order valence-electron chi connectivity index (χ3n) is 4.18. The summed E-state index contributed by atoms with van der Waals surface area (Å²) in [6.45, 7) is 1.97. The predicted octanol–water partition coefficient (Wildman–Crippen LogP) is 0.931. The van der Waals surface area contributed by atoms with Gasteiger partial charge in [-0.15, -0.1) is 0 Å². The van der Waals surface area contributed by atoms with Crippen molar-refractivity contribution < 1.29 is 17.6 Å². The summed E-state index contributed by atoms with van der Waals surface area (Å²) in [4.78, 5) is 22.7. The molecule has 9 heteroatoms. The second kappa shape index (κ2) is 6.83. The molecule has 0 saturated carbocycles. The van der Waals surface area contributed by atoms with Gasteiger partial charge in [-0.25, -0.2) is 18.4 Å². The van der Waals surface area contributed by atoms with Crippen molar-refractivity contribution in [3.05, 3.63) is 41.7 Å². The Hall–Kier alpha value is -2.42. The van der Waals surface area contributed by atoms with E-state index in [-0.39, 0.29) is 35.7 Å². The van der Waals surface area contributed by atoms with Gasteiger partial charge in [-0.1, -0.05) is 0 Å². The highest BCUT2D eigenvalue weighted by Gasteiger charge is 2.31. The lowest BCUT2D eigenvalue weighted by Gasteiger charge is -2.24. The molecule has 2 aromatic heterocycles. The van der Waals surface area contributed by atoms with Crippen LogP contribution < -0.4 is 10.2 Å². The van der Waals surface area contributed by atoms with Crippen molar-refractivity contribution >= 4 is 21.6 Å². The number of hydrogen-bond acceptors (Lipinski definition) is 7. The van der Waals surface area contributed by atoms with Crippen LogP contribution in [0.25, 0.3) is 0 Å². The molecule has 1 N–H and O–H groups in total.